The van der Waals surface area contributed by atoms with Crippen LogP contribution in [0.15, 0.2) is 16.3 Å². The van der Waals surface area contributed by atoms with E-state index < -0.39 is 0 Å². The molecule has 0 spiro atoms. The highest BCUT2D eigenvalue weighted by atomic mass is 32.2. The highest BCUT2D eigenvalue weighted by Crippen LogP contribution is 2.25. The van der Waals surface area contributed by atoms with Crippen LogP contribution in [0, 0.1) is 5.41 Å². The molecule has 0 aromatic carbocycles. The van der Waals surface area contributed by atoms with E-state index in [-0.39, 0.29) is 5.90 Å². The Bertz CT molecular complexity index is 257. The Balaban J connectivity index is 2.92. The Morgan fingerprint density at radius 3 is 3.00 bits per heavy atom. The highest BCUT2D eigenvalue weighted by molar-refractivity contribution is 7.98. The van der Waals surface area contributed by atoms with Gasteiger partial charge in [0.05, 0.1) is 7.11 Å². The minimum absolute atomic E-state index is 0.254. The van der Waals surface area contributed by atoms with Gasteiger partial charge >= 0.3 is 0 Å². The molecule has 0 saturated carbocycles. The zero-order valence-corrected chi connectivity index (χ0v) is 8.01. The summed E-state index contributed by atoms with van der Waals surface area (Å²) in [5.74, 6) is 0.254. The Kier molecular flexibility index (Phi) is 2.96. The summed E-state index contributed by atoms with van der Waals surface area (Å²) in [5, 5.41) is 9.38. The molecule has 2 nitrogen and oxygen atoms in total. The summed E-state index contributed by atoms with van der Waals surface area (Å²) < 4.78 is 4.82. The van der Waals surface area contributed by atoms with Crippen LogP contribution in [0.3, 0.4) is 0 Å². The summed E-state index contributed by atoms with van der Waals surface area (Å²) >= 11 is 3.17. The summed E-state index contributed by atoms with van der Waals surface area (Å²) in [5.41, 5.74) is 0. The number of hydrogen-bond donors (Lipinski definition) is 1. The topological polar surface area (TPSA) is 33.1 Å². The van der Waals surface area contributed by atoms with Gasteiger partial charge in [0.1, 0.15) is 4.88 Å². The van der Waals surface area contributed by atoms with Gasteiger partial charge in [-0.25, -0.2) is 0 Å². The largest absolute Gasteiger partial charge is 0.480 e. The molecule has 0 aliphatic heterocycles. The molecule has 0 fully saturated rings. The third kappa shape index (κ3) is 1.75. The van der Waals surface area contributed by atoms with E-state index in [1.54, 1.807) is 11.8 Å². The second-order valence-electron chi connectivity index (χ2n) is 1.85. The van der Waals surface area contributed by atoms with Crippen molar-refractivity contribution in [3.8, 4) is 0 Å². The lowest BCUT2D eigenvalue weighted by Crippen LogP contribution is -1.98. The van der Waals surface area contributed by atoms with Crippen molar-refractivity contribution in [1.29, 1.82) is 5.41 Å². The first-order valence-electron chi connectivity index (χ1n) is 3.04. The molecule has 1 N–H and O–H groups in total. The average molecular weight is 187 g/mol. The van der Waals surface area contributed by atoms with Crippen molar-refractivity contribution in [1.82, 2.24) is 0 Å². The van der Waals surface area contributed by atoms with Crippen LogP contribution in [-0.2, 0) is 4.74 Å². The van der Waals surface area contributed by atoms with Crippen LogP contribution in [-0.4, -0.2) is 19.3 Å². The first-order valence-corrected chi connectivity index (χ1v) is 5.14. The lowest BCUT2D eigenvalue weighted by atomic mass is 10.5. The van der Waals surface area contributed by atoms with Crippen LogP contribution < -0.4 is 0 Å². The maximum atomic E-state index is 7.41. The predicted octanol–water partition coefficient (Wildman–Crippen LogP) is 2.44. The first-order chi connectivity index (χ1) is 5.29. The van der Waals surface area contributed by atoms with Crippen molar-refractivity contribution in [2.45, 2.75) is 4.90 Å². The van der Waals surface area contributed by atoms with E-state index in [2.05, 4.69) is 0 Å². The van der Waals surface area contributed by atoms with Gasteiger partial charge in [-0.1, -0.05) is 0 Å². The van der Waals surface area contributed by atoms with Crippen molar-refractivity contribution in [2.75, 3.05) is 13.4 Å². The summed E-state index contributed by atoms with van der Waals surface area (Å²) in [6, 6.07) is 2.00. The van der Waals surface area contributed by atoms with Crippen molar-refractivity contribution in [3.05, 3.63) is 16.3 Å². The number of thioether (sulfide) groups is 1. The SMILES string of the molecule is COC(=N)c1sccc1SC. The third-order valence-electron chi connectivity index (χ3n) is 1.26. The summed E-state index contributed by atoms with van der Waals surface area (Å²) in [4.78, 5) is 2.03. The molecule has 0 aliphatic rings. The summed E-state index contributed by atoms with van der Waals surface area (Å²) in [6.45, 7) is 0. The minimum atomic E-state index is 0.254. The molecule has 0 saturated heterocycles. The fourth-order valence-electron chi connectivity index (χ4n) is 0.716. The molecule has 1 rings (SSSR count). The predicted molar refractivity (Wildman–Crippen MR) is 49.9 cm³/mol. The lowest BCUT2D eigenvalue weighted by molar-refractivity contribution is 0.401. The van der Waals surface area contributed by atoms with Gasteiger partial charge in [-0.15, -0.1) is 23.1 Å². The maximum absolute atomic E-state index is 7.41. The summed E-state index contributed by atoms with van der Waals surface area (Å²) in [6.07, 6.45) is 1.99. The molecule has 11 heavy (non-hydrogen) atoms. The molecule has 0 aliphatic carbocycles. The van der Waals surface area contributed by atoms with Crippen molar-refractivity contribution in [2.24, 2.45) is 0 Å². The molecule has 0 unspecified atom stereocenters. The standard InChI is InChI=1S/C7H9NOS2/c1-9-7(8)6-5(10-2)3-4-11-6/h3-4,8H,1-2H3. The maximum Gasteiger partial charge on any atom is 0.224 e. The fraction of sp³-hybridized carbons (Fsp3) is 0.286. The van der Waals surface area contributed by atoms with Crippen LogP contribution in [0.25, 0.3) is 0 Å². The van der Waals surface area contributed by atoms with Gasteiger partial charge in [-0.05, 0) is 17.7 Å². The zero-order chi connectivity index (χ0) is 8.27. The van der Waals surface area contributed by atoms with E-state index in [0.717, 1.165) is 9.77 Å². The Labute approximate surface area is 74.1 Å². The van der Waals surface area contributed by atoms with E-state index in [1.165, 1.54) is 18.4 Å². The normalized spacial score (nSPS) is 9.64. The van der Waals surface area contributed by atoms with Gasteiger partial charge in [0.2, 0.25) is 5.90 Å². The van der Waals surface area contributed by atoms with E-state index in [0.29, 0.717) is 0 Å². The van der Waals surface area contributed by atoms with Crippen LogP contribution in [0.4, 0.5) is 0 Å². The van der Waals surface area contributed by atoms with Crippen molar-refractivity contribution >= 4 is 29.0 Å². The Hall–Kier alpha value is -0.480. The quantitative estimate of drug-likeness (QED) is 0.438. The smallest absolute Gasteiger partial charge is 0.224 e. The Morgan fingerprint density at radius 1 is 1.73 bits per heavy atom. The molecule has 0 amide bonds. The molecule has 1 aromatic heterocycles. The van der Waals surface area contributed by atoms with Crippen LogP contribution in [0.5, 0.6) is 0 Å². The number of hydrogen-bond acceptors (Lipinski definition) is 4. The first kappa shape index (κ1) is 8.62. The molecule has 4 heteroatoms. The Morgan fingerprint density at radius 2 is 2.45 bits per heavy atom. The molecule has 0 radical (unpaired) electrons. The second kappa shape index (κ2) is 3.78. The van der Waals surface area contributed by atoms with Crippen LogP contribution in [0.2, 0.25) is 0 Å². The van der Waals surface area contributed by atoms with Crippen LogP contribution >= 0.6 is 23.1 Å². The van der Waals surface area contributed by atoms with Gasteiger partial charge in [0.15, 0.2) is 0 Å². The molecule has 0 bridgehead atoms. The van der Waals surface area contributed by atoms with Gasteiger partial charge in [0.25, 0.3) is 0 Å². The zero-order valence-electron chi connectivity index (χ0n) is 6.38. The number of nitrogens with one attached hydrogen (secondary N) is 1. The average Bonchev–Trinajstić information content (AvgIpc) is 2.50. The van der Waals surface area contributed by atoms with E-state index in [9.17, 15) is 0 Å². The monoisotopic (exact) mass is 187 g/mol. The van der Waals surface area contributed by atoms with Crippen LogP contribution in [0.1, 0.15) is 4.88 Å². The number of methoxy groups -OCH3 is 1. The van der Waals surface area contributed by atoms with Gasteiger partial charge in [-0.2, -0.15) is 0 Å². The fourth-order valence-corrected chi connectivity index (χ4v) is 2.39. The lowest BCUT2D eigenvalue weighted by Gasteiger charge is -2.00. The minimum Gasteiger partial charge on any atom is -0.480 e. The van der Waals surface area contributed by atoms with E-state index in [1.807, 2.05) is 17.7 Å². The molecular formula is C7H9NOS2. The molecule has 0 atom stereocenters. The number of thiophene rings is 1. The van der Waals surface area contributed by atoms with Gasteiger partial charge in [-0.3, -0.25) is 5.41 Å². The number of ether oxygens (including phenoxy) is 1. The summed E-state index contributed by atoms with van der Waals surface area (Å²) in [7, 11) is 1.52. The third-order valence-corrected chi connectivity index (χ3v) is 3.08. The molecule has 60 valence electrons. The van der Waals surface area contributed by atoms with E-state index in [4.69, 9.17) is 10.1 Å². The van der Waals surface area contributed by atoms with Crippen molar-refractivity contribution in [3.63, 3.8) is 0 Å². The highest BCUT2D eigenvalue weighted by Gasteiger charge is 2.07. The molecule has 1 aromatic rings. The number of rotatable bonds is 2. The van der Waals surface area contributed by atoms with Gasteiger partial charge in [0, 0.05) is 4.90 Å². The van der Waals surface area contributed by atoms with Gasteiger partial charge < -0.3 is 4.74 Å². The molecular weight excluding hydrogens is 178 g/mol. The molecule has 1 heterocycles. The second-order valence-corrected chi connectivity index (χ2v) is 3.62. The van der Waals surface area contributed by atoms with E-state index >= 15 is 0 Å². The van der Waals surface area contributed by atoms with Crippen molar-refractivity contribution < 1.29 is 4.74 Å².